The first kappa shape index (κ1) is 16.4. The topological polar surface area (TPSA) is 21.3 Å². The number of hydrogen-bond donors (Lipinski definition) is 1. The van der Waals surface area contributed by atoms with Crippen molar-refractivity contribution in [1.82, 2.24) is 0 Å². The van der Waals surface area contributed by atoms with E-state index in [9.17, 15) is 0 Å². The van der Waals surface area contributed by atoms with Gasteiger partial charge >= 0.3 is 0 Å². The van der Waals surface area contributed by atoms with Crippen molar-refractivity contribution < 1.29 is 4.74 Å². The van der Waals surface area contributed by atoms with Crippen molar-refractivity contribution in [2.75, 3.05) is 18.5 Å². The molecular weight excluding hydrogens is 294 g/mol. The summed E-state index contributed by atoms with van der Waals surface area (Å²) in [4.78, 5) is 0. The van der Waals surface area contributed by atoms with Crippen LogP contribution < -0.4 is 10.1 Å². The molecule has 0 saturated carbocycles. The molecule has 0 radical (unpaired) electrons. The summed E-state index contributed by atoms with van der Waals surface area (Å²) in [5, 5.41) is 6.15. The molecule has 0 amide bonds. The Balaban J connectivity index is 1.61. The molecular formula is C22H25NO. The SMILES string of the molecule is CC(C)COc1cccc(NCCc2cccc3ccccc23)c1. The predicted octanol–water partition coefficient (Wildman–Crippen LogP) is 5.53. The molecule has 124 valence electrons. The van der Waals surface area contributed by atoms with E-state index in [2.05, 4.69) is 73.8 Å². The van der Waals surface area contributed by atoms with E-state index in [0.29, 0.717) is 5.92 Å². The molecule has 0 aliphatic carbocycles. The Morgan fingerprint density at radius 2 is 1.71 bits per heavy atom. The Hall–Kier alpha value is -2.48. The van der Waals surface area contributed by atoms with Gasteiger partial charge in [0.2, 0.25) is 0 Å². The van der Waals surface area contributed by atoms with E-state index < -0.39 is 0 Å². The van der Waals surface area contributed by atoms with Gasteiger partial charge < -0.3 is 10.1 Å². The van der Waals surface area contributed by atoms with Gasteiger partial charge in [-0.1, -0.05) is 62.4 Å². The molecule has 3 rings (SSSR count). The van der Waals surface area contributed by atoms with Gasteiger partial charge in [0.15, 0.2) is 0 Å². The normalized spacial score (nSPS) is 11.0. The van der Waals surface area contributed by atoms with Crippen LogP contribution in [0.3, 0.4) is 0 Å². The Bertz CT molecular complexity index is 789. The first-order chi connectivity index (χ1) is 11.7. The van der Waals surface area contributed by atoms with Crippen LogP contribution in [-0.4, -0.2) is 13.2 Å². The summed E-state index contributed by atoms with van der Waals surface area (Å²) in [6.07, 6.45) is 0.998. The smallest absolute Gasteiger partial charge is 0.121 e. The lowest BCUT2D eigenvalue weighted by atomic mass is 10.0. The second kappa shape index (κ2) is 7.87. The van der Waals surface area contributed by atoms with Crippen molar-refractivity contribution >= 4 is 16.5 Å². The Labute approximate surface area is 144 Å². The number of anilines is 1. The minimum absolute atomic E-state index is 0.535. The minimum atomic E-state index is 0.535. The first-order valence-electron chi connectivity index (χ1n) is 8.66. The fraction of sp³-hybridized carbons (Fsp3) is 0.273. The number of nitrogens with one attached hydrogen (secondary N) is 1. The maximum absolute atomic E-state index is 5.79. The van der Waals surface area contributed by atoms with Crippen molar-refractivity contribution in [2.24, 2.45) is 5.92 Å². The van der Waals surface area contributed by atoms with E-state index in [4.69, 9.17) is 4.74 Å². The summed E-state index contributed by atoms with van der Waals surface area (Å²) in [5.41, 5.74) is 2.49. The molecule has 0 spiro atoms. The Kier molecular flexibility index (Phi) is 5.37. The summed E-state index contributed by atoms with van der Waals surface area (Å²) in [6, 6.07) is 23.3. The summed E-state index contributed by atoms with van der Waals surface area (Å²) >= 11 is 0. The lowest BCUT2D eigenvalue weighted by Gasteiger charge is -2.12. The molecule has 1 N–H and O–H groups in total. The third-order valence-corrected chi connectivity index (χ3v) is 4.02. The second-order valence-electron chi connectivity index (χ2n) is 6.55. The second-order valence-corrected chi connectivity index (χ2v) is 6.55. The highest BCUT2D eigenvalue weighted by molar-refractivity contribution is 5.85. The van der Waals surface area contributed by atoms with Crippen molar-refractivity contribution in [3.8, 4) is 5.75 Å². The van der Waals surface area contributed by atoms with Gasteiger partial charge in [-0.2, -0.15) is 0 Å². The maximum Gasteiger partial charge on any atom is 0.121 e. The monoisotopic (exact) mass is 319 g/mol. The minimum Gasteiger partial charge on any atom is -0.493 e. The average molecular weight is 319 g/mol. The number of fused-ring (bicyclic) bond motifs is 1. The predicted molar refractivity (Wildman–Crippen MR) is 103 cm³/mol. The van der Waals surface area contributed by atoms with Crippen molar-refractivity contribution in [3.05, 3.63) is 72.3 Å². The number of benzene rings is 3. The molecule has 0 aliphatic heterocycles. The molecule has 0 atom stereocenters. The highest BCUT2D eigenvalue weighted by Gasteiger charge is 2.02. The highest BCUT2D eigenvalue weighted by Crippen LogP contribution is 2.20. The van der Waals surface area contributed by atoms with E-state index in [1.807, 2.05) is 12.1 Å². The van der Waals surface area contributed by atoms with Gasteiger partial charge in [-0.25, -0.2) is 0 Å². The average Bonchev–Trinajstić information content (AvgIpc) is 2.61. The van der Waals surface area contributed by atoms with Gasteiger partial charge in [-0.05, 0) is 40.8 Å². The van der Waals surface area contributed by atoms with Gasteiger partial charge in [0.1, 0.15) is 5.75 Å². The van der Waals surface area contributed by atoms with Crippen LogP contribution in [0.1, 0.15) is 19.4 Å². The summed E-state index contributed by atoms with van der Waals surface area (Å²) < 4.78 is 5.79. The highest BCUT2D eigenvalue weighted by atomic mass is 16.5. The lowest BCUT2D eigenvalue weighted by molar-refractivity contribution is 0.271. The van der Waals surface area contributed by atoms with Crippen molar-refractivity contribution in [1.29, 1.82) is 0 Å². The summed E-state index contributed by atoms with van der Waals surface area (Å²) in [5.74, 6) is 1.46. The van der Waals surface area contributed by atoms with E-state index in [0.717, 1.165) is 31.0 Å². The molecule has 24 heavy (non-hydrogen) atoms. The molecule has 2 nitrogen and oxygen atoms in total. The molecule has 0 saturated heterocycles. The zero-order valence-electron chi connectivity index (χ0n) is 14.5. The van der Waals surface area contributed by atoms with Gasteiger partial charge in [-0.15, -0.1) is 0 Å². The van der Waals surface area contributed by atoms with Gasteiger partial charge in [-0.3, -0.25) is 0 Å². The van der Waals surface area contributed by atoms with Crippen LogP contribution in [0.15, 0.2) is 66.7 Å². The van der Waals surface area contributed by atoms with Crippen LogP contribution in [0.2, 0.25) is 0 Å². The fourth-order valence-electron chi connectivity index (χ4n) is 2.81. The van der Waals surface area contributed by atoms with E-state index >= 15 is 0 Å². The standard InChI is InChI=1S/C22H25NO/c1-17(2)16-24-21-11-6-10-20(15-21)23-14-13-19-9-5-8-18-7-3-4-12-22(18)19/h3-12,15,17,23H,13-14,16H2,1-2H3. The molecule has 3 aromatic rings. The van der Waals surface area contributed by atoms with Crippen LogP contribution >= 0.6 is 0 Å². The fourth-order valence-corrected chi connectivity index (χ4v) is 2.81. The van der Waals surface area contributed by atoms with Crippen LogP contribution in [-0.2, 0) is 6.42 Å². The number of hydrogen-bond acceptors (Lipinski definition) is 2. The largest absolute Gasteiger partial charge is 0.493 e. The van der Waals surface area contributed by atoms with E-state index in [1.54, 1.807) is 0 Å². The molecule has 0 aliphatic rings. The van der Waals surface area contributed by atoms with Crippen LogP contribution in [0.25, 0.3) is 10.8 Å². The van der Waals surface area contributed by atoms with Crippen LogP contribution in [0, 0.1) is 5.92 Å². The van der Waals surface area contributed by atoms with Gasteiger partial charge in [0.05, 0.1) is 6.61 Å². The molecule has 2 heteroatoms. The lowest BCUT2D eigenvalue weighted by Crippen LogP contribution is -2.07. The van der Waals surface area contributed by atoms with Crippen molar-refractivity contribution in [2.45, 2.75) is 20.3 Å². The van der Waals surface area contributed by atoms with Crippen molar-refractivity contribution in [3.63, 3.8) is 0 Å². The molecule has 0 unspecified atom stereocenters. The van der Waals surface area contributed by atoms with Gasteiger partial charge in [0, 0.05) is 18.3 Å². The van der Waals surface area contributed by atoms with E-state index in [-0.39, 0.29) is 0 Å². The quantitative estimate of drug-likeness (QED) is 0.618. The Morgan fingerprint density at radius 3 is 2.58 bits per heavy atom. The van der Waals surface area contributed by atoms with E-state index in [1.165, 1.54) is 16.3 Å². The van der Waals surface area contributed by atoms with Gasteiger partial charge in [0.25, 0.3) is 0 Å². The zero-order chi connectivity index (χ0) is 16.8. The molecule has 0 bridgehead atoms. The summed E-state index contributed by atoms with van der Waals surface area (Å²) in [6.45, 7) is 5.97. The number of rotatable bonds is 7. The molecule has 0 aromatic heterocycles. The molecule has 0 heterocycles. The van der Waals surface area contributed by atoms with Crippen LogP contribution in [0.4, 0.5) is 5.69 Å². The molecule has 3 aromatic carbocycles. The van der Waals surface area contributed by atoms with Crippen LogP contribution in [0.5, 0.6) is 5.75 Å². The molecule has 0 fully saturated rings. The Morgan fingerprint density at radius 1 is 0.917 bits per heavy atom. The maximum atomic E-state index is 5.79. The third kappa shape index (κ3) is 4.29. The number of ether oxygens (including phenoxy) is 1. The third-order valence-electron chi connectivity index (χ3n) is 4.02. The zero-order valence-corrected chi connectivity index (χ0v) is 14.5. The first-order valence-corrected chi connectivity index (χ1v) is 8.66. The summed E-state index contributed by atoms with van der Waals surface area (Å²) in [7, 11) is 0.